The third-order valence-corrected chi connectivity index (χ3v) is 4.02. The van der Waals surface area contributed by atoms with Crippen LogP contribution >= 0.6 is 11.8 Å². The summed E-state index contributed by atoms with van der Waals surface area (Å²) >= 11 is 1.41. The number of hydrogen-bond donors (Lipinski definition) is 1. The van der Waals surface area contributed by atoms with Crippen molar-refractivity contribution in [1.29, 1.82) is 0 Å². The van der Waals surface area contributed by atoms with Crippen LogP contribution < -0.4 is 10.1 Å². The van der Waals surface area contributed by atoms with Crippen LogP contribution in [-0.4, -0.2) is 37.4 Å². The Morgan fingerprint density at radius 3 is 2.72 bits per heavy atom. The highest BCUT2D eigenvalue weighted by Crippen LogP contribution is 2.26. The molecule has 25 heavy (non-hydrogen) atoms. The van der Waals surface area contributed by atoms with Gasteiger partial charge in [0.15, 0.2) is 0 Å². The molecule has 2 aromatic carbocycles. The number of nitro benzene ring substituents is 1. The summed E-state index contributed by atoms with van der Waals surface area (Å²) < 4.78 is 10.4. The van der Waals surface area contributed by atoms with Gasteiger partial charge in [-0.05, 0) is 30.5 Å². The zero-order valence-corrected chi connectivity index (χ0v) is 14.7. The molecule has 1 N–H and O–H groups in total. The van der Waals surface area contributed by atoms with E-state index in [-0.39, 0.29) is 11.3 Å². The van der Waals surface area contributed by atoms with Crippen LogP contribution in [0.15, 0.2) is 47.4 Å². The van der Waals surface area contributed by atoms with Gasteiger partial charge < -0.3 is 14.8 Å². The van der Waals surface area contributed by atoms with Crippen LogP contribution in [0.3, 0.4) is 0 Å². The molecule has 0 heterocycles. The minimum Gasteiger partial charge on any atom is -0.491 e. The average Bonchev–Trinajstić information content (AvgIpc) is 2.61. The Bertz CT molecular complexity index is 766. The van der Waals surface area contributed by atoms with Crippen LogP contribution in [0.25, 0.3) is 0 Å². The van der Waals surface area contributed by atoms with Gasteiger partial charge in [0, 0.05) is 29.8 Å². The molecule has 2 rings (SSSR count). The number of anilines is 1. The van der Waals surface area contributed by atoms with Crippen LogP contribution in [0.2, 0.25) is 0 Å². The highest BCUT2D eigenvalue weighted by Gasteiger charge is 2.20. The normalized spacial score (nSPS) is 10.3. The number of rotatable bonds is 8. The van der Waals surface area contributed by atoms with Gasteiger partial charge in [-0.3, -0.25) is 14.9 Å². The lowest BCUT2D eigenvalue weighted by atomic mass is 10.1. The molecule has 0 aliphatic carbocycles. The molecular formula is C17H18N2O5S. The van der Waals surface area contributed by atoms with Crippen LogP contribution in [-0.2, 0) is 4.74 Å². The quantitative estimate of drug-likeness (QED) is 0.334. The molecule has 2 aromatic rings. The summed E-state index contributed by atoms with van der Waals surface area (Å²) in [4.78, 5) is 23.9. The summed E-state index contributed by atoms with van der Waals surface area (Å²) in [5.41, 5.74) is 0.272. The van der Waals surface area contributed by atoms with Crippen LogP contribution in [0, 0.1) is 10.1 Å². The Kier molecular flexibility index (Phi) is 6.79. The molecule has 1 amide bonds. The van der Waals surface area contributed by atoms with Crippen molar-refractivity contribution in [2.24, 2.45) is 0 Å². The van der Waals surface area contributed by atoms with E-state index in [1.54, 1.807) is 37.4 Å². The molecule has 0 atom stereocenters. The fraction of sp³-hybridized carbons (Fsp3) is 0.235. The standard InChI is InChI=1S/C17H18N2O5S/c1-23-8-9-24-13-5-3-4-12(10-13)18-17(20)15-11-14(25-2)6-7-16(15)19(21)22/h3-7,10-11H,8-9H2,1-2H3,(H,18,20). The number of nitrogens with one attached hydrogen (secondary N) is 1. The first-order chi connectivity index (χ1) is 12.0. The number of methoxy groups -OCH3 is 1. The van der Waals surface area contributed by atoms with Crippen molar-refractivity contribution in [2.45, 2.75) is 4.90 Å². The van der Waals surface area contributed by atoms with E-state index in [1.807, 2.05) is 6.26 Å². The summed E-state index contributed by atoms with van der Waals surface area (Å²) in [6.07, 6.45) is 1.84. The van der Waals surface area contributed by atoms with E-state index < -0.39 is 10.8 Å². The van der Waals surface area contributed by atoms with Crippen LogP contribution in [0.5, 0.6) is 5.75 Å². The van der Waals surface area contributed by atoms with Gasteiger partial charge in [-0.25, -0.2) is 0 Å². The second-order valence-electron chi connectivity index (χ2n) is 4.96. The maximum atomic E-state index is 12.5. The van der Waals surface area contributed by atoms with Crippen molar-refractivity contribution in [3.63, 3.8) is 0 Å². The van der Waals surface area contributed by atoms with E-state index in [0.29, 0.717) is 24.7 Å². The van der Waals surface area contributed by atoms with Crippen molar-refractivity contribution in [2.75, 3.05) is 31.9 Å². The monoisotopic (exact) mass is 362 g/mol. The number of carbonyl (C=O) groups is 1. The highest BCUT2D eigenvalue weighted by atomic mass is 32.2. The van der Waals surface area contributed by atoms with Gasteiger partial charge in [-0.2, -0.15) is 0 Å². The predicted molar refractivity (Wildman–Crippen MR) is 96.6 cm³/mol. The lowest BCUT2D eigenvalue weighted by Crippen LogP contribution is -2.14. The summed E-state index contributed by atoms with van der Waals surface area (Å²) in [6.45, 7) is 0.833. The SMILES string of the molecule is COCCOc1cccc(NC(=O)c2cc(SC)ccc2[N+](=O)[O-])c1. The Morgan fingerprint density at radius 2 is 2.04 bits per heavy atom. The highest BCUT2D eigenvalue weighted by molar-refractivity contribution is 7.98. The number of hydrogen-bond acceptors (Lipinski definition) is 6. The second-order valence-corrected chi connectivity index (χ2v) is 5.84. The molecule has 0 unspecified atom stereocenters. The molecule has 7 nitrogen and oxygen atoms in total. The summed E-state index contributed by atoms with van der Waals surface area (Å²) in [5.74, 6) is 0.0267. The number of nitro groups is 1. The topological polar surface area (TPSA) is 90.7 Å². The smallest absolute Gasteiger partial charge is 0.282 e. The predicted octanol–water partition coefficient (Wildman–Crippen LogP) is 3.59. The fourth-order valence-corrected chi connectivity index (χ4v) is 2.53. The third-order valence-electron chi connectivity index (χ3n) is 3.29. The third kappa shape index (κ3) is 5.20. The second kappa shape index (κ2) is 9.05. The molecule has 0 aliphatic rings. The molecule has 132 valence electrons. The van der Waals surface area contributed by atoms with E-state index in [2.05, 4.69) is 5.32 Å². The number of nitrogens with zero attached hydrogens (tertiary/aromatic N) is 1. The molecule has 0 spiro atoms. The van der Waals surface area contributed by atoms with Crippen molar-refractivity contribution in [3.8, 4) is 5.75 Å². The van der Waals surface area contributed by atoms with Crippen LogP contribution in [0.4, 0.5) is 11.4 Å². The van der Waals surface area contributed by atoms with Crippen molar-refractivity contribution < 1.29 is 19.2 Å². The van der Waals surface area contributed by atoms with Gasteiger partial charge in [0.05, 0.1) is 11.5 Å². The van der Waals surface area contributed by atoms with Gasteiger partial charge in [-0.15, -0.1) is 11.8 Å². The summed E-state index contributed by atoms with van der Waals surface area (Å²) in [5, 5.41) is 13.8. The fourth-order valence-electron chi connectivity index (χ4n) is 2.09. The maximum absolute atomic E-state index is 12.5. The molecule has 0 saturated carbocycles. The lowest BCUT2D eigenvalue weighted by molar-refractivity contribution is -0.385. The first-order valence-electron chi connectivity index (χ1n) is 7.40. The first kappa shape index (κ1) is 18.8. The number of carbonyl (C=O) groups excluding carboxylic acids is 1. The average molecular weight is 362 g/mol. The van der Waals surface area contributed by atoms with Gasteiger partial charge in [0.1, 0.15) is 17.9 Å². The Morgan fingerprint density at radius 1 is 1.24 bits per heavy atom. The molecule has 8 heteroatoms. The molecule has 0 radical (unpaired) electrons. The molecule has 0 saturated heterocycles. The van der Waals surface area contributed by atoms with Crippen LogP contribution in [0.1, 0.15) is 10.4 Å². The van der Waals surface area contributed by atoms with Gasteiger partial charge >= 0.3 is 0 Å². The van der Waals surface area contributed by atoms with Gasteiger partial charge in [-0.1, -0.05) is 6.07 Å². The zero-order chi connectivity index (χ0) is 18.2. The Hall–Kier alpha value is -2.58. The van der Waals surface area contributed by atoms with E-state index in [4.69, 9.17) is 9.47 Å². The minimum absolute atomic E-state index is 0.0163. The molecular weight excluding hydrogens is 344 g/mol. The molecule has 0 aromatic heterocycles. The Labute approximate surface area is 149 Å². The molecule has 0 aliphatic heterocycles. The van der Waals surface area contributed by atoms with E-state index >= 15 is 0 Å². The van der Waals surface area contributed by atoms with Crippen molar-refractivity contribution in [1.82, 2.24) is 0 Å². The lowest BCUT2D eigenvalue weighted by Gasteiger charge is -2.10. The first-order valence-corrected chi connectivity index (χ1v) is 8.63. The van der Waals surface area contributed by atoms with Gasteiger partial charge in [0.25, 0.3) is 11.6 Å². The maximum Gasteiger partial charge on any atom is 0.282 e. The minimum atomic E-state index is -0.566. The van der Waals surface area contributed by atoms with Crippen molar-refractivity contribution >= 4 is 29.0 Å². The molecule has 0 fully saturated rings. The van der Waals surface area contributed by atoms with E-state index in [9.17, 15) is 14.9 Å². The molecule has 0 bridgehead atoms. The summed E-state index contributed by atoms with van der Waals surface area (Å²) in [6, 6.07) is 11.3. The number of ether oxygens (including phenoxy) is 2. The number of amides is 1. The number of thioether (sulfide) groups is 1. The Balaban J connectivity index is 2.19. The number of benzene rings is 2. The van der Waals surface area contributed by atoms with Crippen molar-refractivity contribution in [3.05, 3.63) is 58.1 Å². The zero-order valence-electron chi connectivity index (χ0n) is 13.9. The van der Waals surface area contributed by atoms with E-state index in [0.717, 1.165) is 4.90 Å². The largest absolute Gasteiger partial charge is 0.491 e. The van der Waals surface area contributed by atoms with E-state index in [1.165, 1.54) is 23.9 Å². The summed E-state index contributed by atoms with van der Waals surface area (Å²) in [7, 11) is 1.58. The van der Waals surface area contributed by atoms with Gasteiger partial charge in [0.2, 0.25) is 0 Å².